The summed E-state index contributed by atoms with van der Waals surface area (Å²) in [5, 5.41) is 0. The summed E-state index contributed by atoms with van der Waals surface area (Å²) in [6.07, 6.45) is 1.59. The molecule has 0 heterocycles. The lowest BCUT2D eigenvalue weighted by Crippen LogP contribution is -2.30. The molecule has 114 valence electrons. The van der Waals surface area contributed by atoms with Gasteiger partial charge in [-0.05, 0) is 38.3 Å². The summed E-state index contributed by atoms with van der Waals surface area (Å²) in [5.41, 5.74) is 7.68. The van der Waals surface area contributed by atoms with Crippen molar-refractivity contribution in [3.05, 3.63) is 29.6 Å². The molecule has 1 aromatic carbocycles. The van der Waals surface area contributed by atoms with E-state index < -0.39 is 0 Å². The van der Waals surface area contributed by atoms with Gasteiger partial charge in [-0.2, -0.15) is 0 Å². The van der Waals surface area contributed by atoms with E-state index in [1.54, 1.807) is 6.07 Å². The molecule has 0 aliphatic carbocycles. The minimum atomic E-state index is -0.177. The number of benzene rings is 1. The monoisotopic (exact) mass is 282 g/mol. The Hall–Kier alpha value is -1.13. The first kappa shape index (κ1) is 16.9. The molecule has 1 aromatic rings. The average Bonchev–Trinajstić information content (AvgIpc) is 2.45. The topological polar surface area (TPSA) is 38.5 Å². The van der Waals surface area contributed by atoms with Crippen molar-refractivity contribution in [2.45, 2.75) is 39.7 Å². The van der Waals surface area contributed by atoms with E-state index in [0.29, 0.717) is 31.9 Å². The zero-order chi connectivity index (χ0) is 15.0. The van der Waals surface area contributed by atoms with E-state index in [9.17, 15) is 4.39 Å². The van der Waals surface area contributed by atoms with Crippen LogP contribution in [0.3, 0.4) is 0 Å². The molecule has 0 saturated heterocycles. The lowest BCUT2D eigenvalue weighted by molar-refractivity contribution is 0.154. The fourth-order valence-electron chi connectivity index (χ4n) is 2.25. The maximum atomic E-state index is 14.2. The van der Waals surface area contributed by atoms with Crippen LogP contribution in [0.25, 0.3) is 0 Å². The minimum absolute atomic E-state index is 0.0705. The van der Waals surface area contributed by atoms with Gasteiger partial charge >= 0.3 is 0 Å². The van der Waals surface area contributed by atoms with E-state index in [1.165, 1.54) is 6.07 Å². The van der Waals surface area contributed by atoms with Gasteiger partial charge in [-0.1, -0.05) is 19.1 Å². The highest BCUT2D eigenvalue weighted by molar-refractivity contribution is 5.55. The lowest BCUT2D eigenvalue weighted by atomic mass is 10.0. The van der Waals surface area contributed by atoms with E-state index in [4.69, 9.17) is 10.5 Å². The molecule has 0 aliphatic heterocycles. The van der Waals surface area contributed by atoms with Gasteiger partial charge in [0, 0.05) is 25.7 Å². The molecule has 0 saturated carbocycles. The maximum absolute atomic E-state index is 14.2. The van der Waals surface area contributed by atoms with E-state index >= 15 is 0 Å². The van der Waals surface area contributed by atoms with Crippen LogP contribution in [0.5, 0.6) is 0 Å². The Labute approximate surface area is 121 Å². The molecule has 0 amide bonds. The fourth-order valence-corrected chi connectivity index (χ4v) is 2.25. The first-order valence-electron chi connectivity index (χ1n) is 7.49. The van der Waals surface area contributed by atoms with Crippen LogP contribution in [-0.2, 0) is 11.2 Å². The second-order valence-electron chi connectivity index (χ2n) is 4.90. The molecule has 4 heteroatoms. The largest absolute Gasteiger partial charge is 0.380 e. The summed E-state index contributed by atoms with van der Waals surface area (Å²) in [6.45, 7) is 8.78. The Balaban J connectivity index is 2.93. The SMILES string of the molecule is CCOCCN(CC)c1c(F)cccc1CC(N)CC. The fraction of sp³-hybridized carbons (Fsp3) is 0.625. The molecular formula is C16H27FN2O. The second kappa shape index (κ2) is 8.93. The Kier molecular flexibility index (Phi) is 7.55. The van der Waals surface area contributed by atoms with Crippen molar-refractivity contribution in [2.24, 2.45) is 5.73 Å². The second-order valence-corrected chi connectivity index (χ2v) is 4.90. The standard InChI is InChI=1S/C16H27FN2O/c1-4-14(18)12-13-8-7-9-15(17)16(13)19(5-2)10-11-20-6-3/h7-9,14H,4-6,10-12,18H2,1-3H3. The Morgan fingerprint density at radius 1 is 1.30 bits per heavy atom. The molecule has 0 fully saturated rings. The zero-order valence-corrected chi connectivity index (χ0v) is 12.9. The number of likely N-dealkylation sites (N-methyl/N-ethyl adjacent to an activating group) is 1. The number of ether oxygens (including phenoxy) is 1. The third kappa shape index (κ3) is 4.76. The van der Waals surface area contributed by atoms with Gasteiger partial charge in [0.25, 0.3) is 0 Å². The van der Waals surface area contributed by atoms with Gasteiger partial charge in [-0.3, -0.25) is 0 Å². The first-order chi connectivity index (χ1) is 9.63. The van der Waals surface area contributed by atoms with Crippen LogP contribution in [0.15, 0.2) is 18.2 Å². The molecule has 1 rings (SSSR count). The molecule has 3 nitrogen and oxygen atoms in total. The highest BCUT2D eigenvalue weighted by Gasteiger charge is 2.16. The van der Waals surface area contributed by atoms with Crippen molar-refractivity contribution < 1.29 is 9.13 Å². The molecule has 0 aromatic heterocycles. The molecule has 0 aliphatic rings. The minimum Gasteiger partial charge on any atom is -0.380 e. The van der Waals surface area contributed by atoms with Crippen molar-refractivity contribution >= 4 is 5.69 Å². The number of nitrogens with two attached hydrogens (primary N) is 1. The van der Waals surface area contributed by atoms with E-state index in [1.807, 2.05) is 24.8 Å². The Morgan fingerprint density at radius 3 is 2.65 bits per heavy atom. The van der Waals surface area contributed by atoms with Crippen LogP contribution in [0.1, 0.15) is 32.8 Å². The Bertz CT molecular complexity index is 398. The van der Waals surface area contributed by atoms with Crippen molar-refractivity contribution in [3.8, 4) is 0 Å². The van der Waals surface area contributed by atoms with E-state index in [-0.39, 0.29) is 11.9 Å². The number of nitrogens with zero attached hydrogens (tertiary/aromatic N) is 1. The maximum Gasteiger partial charge on any atom is 0.146 e. The number of anilines is 1. The number of halogens is 1. The number of rotatable bonds is 9. The van der Waals surface area contributed by atoms with Crippen molar-refractivity contribution in [2.75, 3.05) is 31.2 Å². The van der Waals surface area contributed by atoms with Gasteiger partial charge in [0.15, 0.2) is 0 Å². The highest BCUT2D eigenvalue weighted by Crippen LogP contribution is 2.25. The van der Waals surface area contributed by atoms with Crippen molar-refractivity contribution in [1.29, 1.82) is 0 Å². The molecule has 0 spiro atoms. The Morgan fingerprint density at radius 2 is 2.05 bits per heavy atom. The van der Waals surface area contributed by atoms with Gasteiger partial charge in [0.05, 0.1) is 12.3 Å². The van der Waals surface area contributed by atoms with Crippen molar-refractivity contribution in [3.63, 3.8) is 0 Å². The van der Waals surface area contributed by atoms with Crippen LogP contribution < -0.4 is 10.6 Å². The van der Waals surface area contributed by atoms with Crippen LogP contribution in [0.2, 0.25) is 0 Å². The van der Waals surface area contributed by atoms with Gasteiger partial charge in [0.2, 0.25) is 0 Å². The van der Waals surface area contributed by atoms with Gasteiger partial charge in [-0.15, -0.1) is 0 Å². The highest BCUT2D eigenvalue weighted by atomic mass is 19.1. The number of hydrogen-bond donors (Lipinski definition) is 1. The normalized spacial score (nSPS) is 12.4. The quantitative estimate of drug-likeness (QED) is 0.708. The molecule has 20 heavy (non-hydrogen) atoms. The first-order valence-corrected chi connectivity index (χ1v) is 7.49. The molecular weight excluding hydrogens is 255 g/mol. The number of para-hydroxylation sites is 1. The molecule has 0 bridgehead atoms. The van der Waals surface area contributed by atoms with Crippen LogP contribution in [-0.4, -0.2) is 32.3 Å². The third-order valence-corrected chi connectivity index (χ3v) is 3.48. The lowest BCUT2D eigenvalue weighted by Gasteiger charge is -2.27. The van der Waals surface area contributed by atoms with E-state index in [0.717, 1.165) is 18.5 Å². The summed E-state index contributed by atoms with van der Waals surface area (Å²) >= 11 is 0. The summed E-state index contributed by atoms with van der Waals surface area (Å²) < 4.78 is 19.6. The zero-order valence-electron chi connectivity index (χ0n) is 12.9. The molecule has 1 atom stereocenters. The summed E-state index contributed by atoms with van der Waals surface area (Å²) in [4.78, 5) is 2.03. The van der Waals surface area contributed by atoms with Crippen molar-refractivity contribution in [1.82, 2.24) is 0 Å². The molecule has 1 unspecified atom stereocenters. The van der Waals surface area contributed by atoms with Gasteiger partial charge < -0.3 is 15.4 Å². The van der Waals surface area contributed by atoms with Crippen LogP contribution in [0.4, 0.5) is 10.1 Å². The summed E-state index contributed by atoms with van der Waals surface area (Å²) in [5.74, 6) is -0.177. The average molecular weight is 282 g/mol. The number of hydrogen-bond acceptors (Lipinski definition) is 3. The molecule has 2 N–H and O–H groups in total. The smallest absolute Gasteiger partial charge is 0.146 e. The van der Waals surface area contributed by atoms with E-state index in [2.05, 4.69) is 6.92 Å². The predicted octanol–water partition coefficient (Wildman–Crippen LogP) is 2.97. The summed E-state index contributed by atoms with van der Waals surface area (Å²) in [6, 6.07) is 5.31. The third-order valence-electron chi connectivity index (χ3n) is 3.48. The van der Waals surface area contributed by atoms with Gasteiger partial charge in [-0.25, -0.2) is 4.39 Å². The predicted molar refractivity (Wildman–Crippen MR) is 82.8 cm³/mol. The van der Waals surface area contributed by atoms with Crippen LogP contribution >= 0.6 is 0 Å². The van der Waals surface area contributed by atoms with Gasteiger partial charge in [0.1, 0.15) is 5.82 Å². The molecule has 0 radical (unpaired) electrons. The summed E-state index contributed by atoms with van der Waals surface area (Å²) in [7, 11) is 0. The van der Waals surface area contributed by atoms with Crippen LogP contribution in [0, 0.1) is 5.82 Å².